The molecule has 2 aliphatic rings. The Kier molecular flexibility index (Phi) is 13.9. The highest BCUT2D eigenvalue weighted by Gasteiger charge is 2.40. The van der Waals surface area contributed by atoms with E-state index in [1.807, 2.05) is 102 Å². The van der Waals surface area contributed by atoms with Gasteiger partial charge in [0.15, 0.2) is 0 Å². The van der Waals surface area contributed by atoms with Crippen molar-refractivity contribution in [3.63, 3.8) is 0 Å². The number of rotatable bonds is 7. The van der Waals surface area contributed by atoms with E-state index in [9.17, 15) is 19.2 Å². The molecule has 0 unspecified atom stereocenters. The number of aromatic nitrogens is 2. The number of fused-ring (bicyclic) bond motifs is 4. The molecule has 0 fully saturated rings. The molecule has 2 N–H and O–H groups in total. The van der Waals surface area contributed by atoms with Crippen LogP contribution in [0.15, 0.2) is 105 Å². The maximum absolute atomic E-state index is 12.6. The summed E-state index contributed by atoms with van der Waals surface area (Å²) in [6, 6.07) is 19.5. The lowest BCUT2D eigenvalue weighted by molar-refractivity contribution is -0.126. The first-order chi connectivity index (χ1) is 27.9. The SMILES string of the molecule is C=CC(=O)N(C)Cc1oc2ccccc2c1C.CC1(C)C(=O)Nc2ncc(Br)cc21.Cc1c(CN(C)C(=O)/C=C/c2cnc3c(c2)C(C)(C)C(=O)N3)oc2ccccc12.I.[2HH]. The first-order valence-corrected chi connectivity index (χ1v) is 19.8. The number of nitrogens with one attached hydrogen (secondary N) is 2. The summed E-state index contributed by atoms with van der Waals surface area (Å²) in [5.74, 6) is 2.55. The van der Waals surface area contributed by atoms with E-state index in [-0.39, 0.29) is 49.0 Å². The predicted octanol–water partition coefficient (Wildman–Crippen LogP) is 9.86. The highest BCUT2D eigenvalue weighted by atomic mass is 127. The number of likely N-dealkylation sites (N-methyl/N-ethyl adjacent to an activating group) is 2. The number of hydrogen-bond acceptors (Lipinski definition) is 8. The van der Waals surface area contributed by atoms with Gasteiger partial charge >= 0.3 is 0 Å². The van der Waals surface area contributed by atoms with Crippen molar-refractivity contribution in [1.29, 1.82) is 0 Å². The number of carbonyl (C=O) groups is 4. The minimum atomic E-state index is -0.633. The third-order valence-electron chi connectivity index (χ3n) is 10.7. The summed E-state index contributed by atoms with van der Waals surface area (Å²) in [5.41, 5.74) is 5.28. The molecule has 0 spiro atoms. The molecule has 8 rings (SSSR count). The second-order valence-electron chi connectivity index (χ2n) is 15.6. The Morgan fingerprint density at radius 3 is 1.70 bits per heavy atom. The van der Waals surface area contributed by atoms with Crippen molar-refractivity contribution in [3.05, 3.63) is 136 Å². The lowest BCUT2D eigenvalue weighted by Crippen LogP contribution is -2.26. The molecule has 314 valence electrons. The Labute approximate surface area is 376 Å². The number of para-hydroxylation sites is 2. The zero-order valence-corrected chi connectivity index (χ0v) is 38.7. The molecule has 0 saturated carbocycles. The fraction of sp³-hybridized carbons (Fsp3) is 0.261. The molecule has 0 bridgehead atoms. The van der Waals surface area contributed by atoms with E-state index in [4.69, 9.17) is 8.83 Å². The summed E-state index contributed by atoms with van der Waals surface area (Å²) in [5, 5.41) is 7.69. The van der Waals surface area contributed by atoms with Crippen molar-refractivity contribution in [2.24, 2.45) is 0 Å². The molecule has 0 saturated heterocycles. The van der Waals surface area contributed by atoms with Gasteiger partial charge in [-0.05, 0) is 99.5 Å². The molecule has 14 heteroatoms. The molecule has 2 aliphatic heterocycles. The number of anilines is 2. The maximum Gasteiger partial charge on any atom is 0.246 e. The largest absolute Gasteiger partial charge is 0.459 e. The zero-order valence-electron chi connectivity index (χ0n) is 34.8. The molecule has 0 atom stereocenters. The smallest absolute Gasteiger partial charge is 0.246 e. The molecule has 4 aromatic heterocycles. The van der Waals surface area contributed by atoms with Gasteiger partial charge in [0, 0.05) is 71.5 Å². The molecule has 60 heavy (non-hydrogen) atoms. The van der Waals surface area contributed by atoms with Crippen LogP contribution in [0, 0.1) is 13.8 Å². The topological polar surface area (TPSA) is 151 Å². The molecule has 0 aliphatic carbocycles. The van der Waals surface area contributed by atoms with E-state index in [1.165, 1.54) is 12.2 Å². The first-order valence-electron chi connectivity index (χ1n) is 19.0. The van der Waals surface area contributed by atoms with Crippen molar-refractivity contribution in [1.82, 2.24) is 19.8 Å². The van der Waals surface area contributed by atoms with Crippen LogP contribution < -0.4 is 10.6 Å². The van der Waals surface area contributed by atoms with Crippen molar-refractivity contribution < 1.29 is 29.4 Å². The van der Waals surface area contributed by atoms with Crippen LogP contribution in [0.3, 0.4) is 0 Å². The van der Waals surface area contributed by atoms with Gasteiger partial charge < -0.3 is 29.3 Å². The Balaban J connectivity index is 0.000000218. The average Bonchev–Trinajstić information content (AvgIpc) is 3.86. The Bertz CT molecular complexity index is 2670. The average molecular weight is 991 g/mol. The quantitative estimate of drug-likeness (QED) is 0.119. The summed E-state index contributed by atoms with van der Waals surface area (Å²) in [6.07, 6.45) is 7.86. The van der Waals surface area contributed by atoms with Crippen molar-refractivity contribution in [3.8, 4) is 0 Å². The van der Waals surface area contributed by atoms with Gasteiger partial charge in [0.25, 0.3) is 0 Å². The number of amides is 4. The van der Waals surface area contributed by atoms with E-state index in [0.29, 0.717) is 24.7 Å². The number of carbonyl (C=O) groups excluding carboxylic acids is 4. The lowest BCUT2D eigenvalue weighted by Gasteiger charge is -2.15. The molecule has 2 aromatic carbocycles. The van der Waals surface area contributed by atoms with Crippen LogP contribution in [-0.2, 0) is 43.1 Å². The third-order valence-corrected chi connectivity index (χ3v) is 11.1. The van der Waals surface area contributed by atoms with Crippen molar-refractivity contribution in [2.75, 3.05) is 24.7 Å². The van der Waals surface area contributed by atoms with Gasteiger partial charge in [0.2, 0.25) is 23.6 Å². The summed E-state index contributed by atoms with van der Waals surface area (Å²) in [4.78, 5) is 59.1. The Hall–Kier alpha value is -5.61. The first kappa shape index (κ1) is 45.5. The van der Waals surface area contributed by atoms with Gasteiger partial charge in [-0.25, -0.2) is 9.97 Å². The van der Waals surface area contributed by atoms with Gasteiger partial charge in [0.1, 0.15) is 34.3 Å². The number of aryl methyl sites for hydroxylation is 2. The number of pyridine rings is 2. The van der Waals surface area contributed by atoms with Crippen LogP contribution in [0.1, 0.15) is 68.5 Å². The molecule has 4 amide bonds. The second kappa shape index (κ2) is 18.3. The third kappa shape index (κ3) is 9.39. The van der Waals surface area contributed by atoms with Gasteiger partial charge in [-0.3, -0.25) is 19.2 Å². The minimum absolute atomic E-state index is 0. The van der Waals surface area contributed by atoms with Crippen LogP contribution >= 0.6 is 39.9 Å². The highest BCUT2D eigenvalue weighted by molar-refractivity contribution is 14.0. The van der Waals surface area contributed by atoms with Gasteiger partial charge in [-0.15, -0.1) is 24.0 Å². The number of halogens is 2. The number of hydrogen-bond donors (Lipinski definition) is 2. The zero-order chi connectivity index (χ0) is 42.8. The van der Waals surface area contributed by atoms with Gasteiger partial charge in [-0.2, -0.15) is 0 Å². The summed E-state index contributed by atoms with van der Waals surface area (Å²) < 4.78 is 12.5. The van der Waals surface area contributed by atoms with E-state index in [0.717, 1.165) is 65.7 Å². The predicted molar refractivity (Wildman–Crippen MR) is 251 cm³/mol. The molecule has 0 radical (unpaired) electrons. The van der Waals surface area contributed by atoms with E-state index in [1.54, 1.807) is 42.4 Å². The van der Waals surface area contributed by atoms with Crippen LogP contribution in [0.25, 0.3) is 28.0 Å². The van der Waals surface area contributed by atoms with Crippen molar-refractivity contribution in [2.45, 2.75) is 65.5 Å². The normalized spacial score (nSPS) is 14.2. The summed E-state index contributed by atoms with van der Waals surface area (Å²) in [6.45, 7) is 15.8. The highest BCUT2D eigenvalue weighted by Crippen LogP contribution is 2.38. The van der Waals surface area contributed by atoms with Crippen LogP contribution in [0.4, 0.5) is 11.6 Å². The molecule has 6 aromatic rings. The van der Waals surface area contributed by atoms with Crippen LogP contribution in [-0.4, -0.2) is 57.5 Å². The van der Waals surface area contributed by atoms with Crippen LogP contribution in [0.2, 0.25) is 0 Å². The number of furan rings is 2. The molecular weight excluding hydrogens is 939 g/mol. The van der Waals surface area contributed by atoms with E-state index >= 15 is 0 Å². The Morgan fingerprint density at radius 2 is 1.22 bits per heavy atom. The lowest BCUT2D eigenvalue weighted by atomic mass is 9.86. The minimum Gasteiger partial charge on any atom is -0.459 e. The molecule has 6 heterocycles. The summed E-state index contributed by atoms with van der Waals surface area (Å²) in [7, 11) is 3.47. The Morgan fingerprint density at radius 1 is 0.767 bits per heavy atom. The monoisotopic (exact) mass is 989 g/mol. The van der Waals surface area contributed by atoms with Gasteiger partial charge in [-0.1, -0.05) is 43.0 Å². The number of nitrogens with zero attached hydrogens (tertiary/aromatic N) is 4. The second-order valence-corrected chi connectivity index (χ2v) is 16.5. The van der Waals surface area contributed by atoms with Crippen LogP contribution in [0.5, 0.6) is 0 Å². The van der Waals surface area contributed by atoms with Crippen molar-refractivity contribution >= 4 is 103 Å². The molecular formula is C46H50BrIN6O6. The maximum atomic E-state index is 12.6. The fourth-order valence-corrected chi connectivity index (χ4v) is 7.06. The number of benzene rings is 2. The van der Waals surface area contributed by atoms with E-state index < -0.39 is 10.8 Å². The summed E-state index contributed by atoms with van der Waals surface area (Å²) >= 11 is 3.33. The fourth-order valence-electron chi connectivity index (χ4n) is 6.72. The standard InChI is InChI=1S/C23H23N3O3.C14H15NO2.C9H9BrN2O.HI.H2/c1-14-16-7-5-6-8-18(16)29-19(14)13-26(4)20(27)10-9-15-11-17-21(24-12-15)25-22(28)23(17,2)3;1-4-14(16)15(3)9-13-10(2)11-7-5-6-8-12(11)17-13;1-9(2)6-3-5(10)4-11-7(6)12-8(9)13;;/h5-12H,13H2,1-4H3,(H,24,25,28);4-8H,1,9H2,2-3H3;3-4H,1-2H3,(H,11,12,13);2*1H/b10-9+;;;;/i;;;;1+1. The molecule has 12 nitrogen and oxygen atoms in total. The van der Waals surface area contributed by atoms with Gasteiger partial charge in [0.05, 0.1) is 23.9 Å². The van der Waals surface area contributed by atoms with E-state index in [2.05, 4.69) is 43.1 Å².